The van der Waals surface area contributed by atoms with Gasteiger partial charge < -0.3 is 4.74 Å². The summed E-state index contributed by atoms with van der Waals surface area (Å²) in [6.07, 6.45) is 1.39. The van der Waals surface area contributed by atoms with Crippen molar-refractivity contribution in [2.45, 2.75) is 13.8 Å². The second-order valence-electron chi connectivity index (χ2n) is 2.49. The van der Waals surface area contributed by atoms with Gasteiger partial charge in [0.1, 0.15) is 5.15 Å². The summed E-state index contributed by atoms with van der Waals surface area (Å²) in [5.74, 6) is 0.849. The zero-order valence-electron chi connectivity index (χ0n) is 9.07. The zero-order valence-corrected chi connectivity index (χ0v) is 12.8. The zero-order chi connectivity index (χ0) is 12.4. The third-order valence-electron chi connectivity index (χ3n) is 1.35. The average Bonchev–Trinajstić information content (AvgIpc) is 2.30. The summed E-state index contributed by atoms with van der Waals surface area (Å²) >= 11 is 7.80. The number of aromatic nitrogens is 1. The van der Waals surface area contributed by atoms with E-state index < -0.39 is 0 Å². The van der Waals surface area contributed by atoms with Crippen LogP contribution in [0.5, 0.6) is 0 Å². The lowest BCUT2D eigenvalue weighted by atomic mass is 10.3. The molecule has 0 saturated heterocycles. The van der Waals surface area contributed by atoms with Crippen LogP contribution in [-0.4, -0.2) is 23.3 Å². The maximum Gasteiger partial charge on any atom is 0.339 e. The fraction of sp³-hybridized carbons (Fsp3) is 0.400. The molecule has 0 aromatic carbocycles. The third-order valence-corrected chi connectivity index (χ3v) is 3.66. The Morgan fingerprint density at radius 3 is 2.56 bits per heavy atom. The van der Waals surface area contributed by atoms with Gasteiger partial charge in [0.15, 0.2) is 0 Å². The molecule has 0 aliphatic carbocycles. The Morgan fingerprint density at radius 1 is 1.56 bits per heavy atom. The van der Waals surface area contributed by atoms with Crippen LogP contribution in [-0.2, 0) is 4.74 Å². The quantitative estimate of drug-likeness (QED) is 0.456. The molecule has 0 spiro atoms. The van der Waals surface area contributed by atoms with Crippen molar-refractivity contribution in [2.24, 2.45) is 0 Å². The molecule has 0 atom stereocenters. The minimum Gasteiger partial charge on any atom is -0.462 e. The smallest absolute Gasteiger partial charge is 0.339 e. The summed E-state index contributed by atoms with van der Waals surface area (Å²) in [5, 5.41) is 0.364. The van der Waals surface area contributed by atoms with Gasteiger partial charge in [-0.3, -0.25) is 0 Å². The van der Waals surface area contributed by atoms with E-state index in [2.05, 4.69) is 33.1 Å². The van der Waals surface area contributed by atoms with Crippen molar-refractivity contribution in [3.63, 3.8) is 0 Å². The maximum atomic E-state index is 11.1. The van der Waals surface area contributed by atoms with Crippen LogP contribution in [0, 0.1) is 0 Å². The first kappa shape index (κ1) is 16.0. The van der Waals surface area contributed by atoms with Crippen LogP contribution in [0.3, 0.4) is 0 Å². The van der Waals surface area contributed by atoms with E-state index in [1.54, 1.807) is 19.1 Å². The highest BCUT2D eigenvalue weighted by molar-refractivity contribution is 14.2. The summed E-state index contributed by atoms with van der Waals surface area (Å²) in [7, 11) is 1.83. The molecule has 3 nitrogen and oxygen atoms in total. The number of ether oxygens (including phenoxy) is 1. The Kier molecular flexibility index (Phi) is 10.2. The fourth-order valence-electron chi connectivity index (χ4n) is 0.711. The summed E-state index contributed by atoms with van der Waals surface area (Å²) in [5.41, 5.74) is 0.418. The molecule has 1 rings (SSSR count). The molecule has 0 radical (unpaired) electrons. The molecule has 0 N–H and O–H groups in total. The molecule has 0 amide bonds. The predicted octanol–water partition coefficient (Wildman–Crippen LogP) is 4.00. The van der Waals surface area contributed by atoms with Crippen molar-refractivity contribution >= 4 is 47.7 Å². The van der Waals surface area contributed by atoms with Gasteiger partial charge in [-0.1, -0.05) is 27.5 Å². The van der Waals surface area contributed by atoms with E-state index in [-0.39, 0.29) is 5.97 Å². The van der Waals surface area contributed by atoms with Gasteiger partial charge in [-0.25, -0.2) is 9.78 Å². The lowest BCUT2D eigenvalue weighted by Gasteiger charge is -1.99. The highest BCUT2D eigenvalue weighted by atomic mass is 127. The molecule has 1 heterocycles. The van der Waals surface area contributed by atoms with Gasteiger partial charge in [0.05, 0.1) is 12.2 Å². The van der Waals surface area contributed by atoms with Crippen molar-refractivity contribution in [1.29, 1.82) is 0 Å². The second kappa shape index (κ2) is 10.2. The van der Waals surface area contributed by atoms with Crippen LogP contribution in [0.15, 0.2) is 18.3 Å². The summed E-state index contributed by atoms with van der Waals surface area (Å²) in [6, 6.07) is 3.13. The number of hydrogen-bond donors (Lipinski definition) is 0. The number of carbonyl (C=O) groups is 1. The Morgan fingerprint density at radius 2 is 2.19 bits per heavy atom. The monoisotopic (exact) mass is 373 g/mol. The van der Waals surface area contributed by atoms with Crippen molar-refractivity contribution in [3.05, 3.63) is 29.0 Å². The van der Waals surface area contributed by atoms with Crippen molar-refractivity contribution < 1.29 is 9.53 Å². The van der Waals surface area contributed by atoms with Crippen molar-refractivity contribution in [3.8, 4) is 0 Å². The van der Waals surface area contributed by atoms with Gasteiger partial charge in [-0.15, -0.1) is 0 Å². The number of esters is 1. The number of halogens is 2. The lowest BCUT2D eigenvalue weighted by Crippen LogP contribution is -2.04. The Bertz CT molecular complexity index is 306. The van der Waals surface area contributed by atoms with E-state index >= 15 is 0 Å². The molecule has 0 fully saturated rings. The lowest BCUT2D eigenvalue weighted by molar-refractivity contribution is 0.0526. The molecular formula is C10H13ClINO2S. The van der Waals surface area contributed by atoms with Gasteiger partial charge in [0.2, 0.25) is 0 Å². The van der Waals surface area contributed by atoms with Gasteiger partial charge in [0, 0.05) is 11.9 Å². The topological polar surface area (TPSA) is 39.2 Å². The molecule has 0 unspecified atom stereocenters. The van der Waals surface area contributed by atoms with Crippen molar-refractivity contribution in [2.75, 3.05) is 12.4 Å². The van der Waals surface area contributed by atoms with Crippen molar-refractivity contribution in [1.82, 2.24) is 4.98 Å². The van der Waals surface area contributed by atoms with E-state index in [9.17, 15) is 4.79 Å². The van der Waals surface area contributed by atoms with Crippen LogP contribution < -0.4 is 0 Å². The maximum absolute atomic E-state index is 11.1. The Hall–Kier alpha value is -0.01000. The molecule has 0 bridgehead atoms. The fourth-order valence-corrected chi connectivity index (χ4v) is 0.823. The molecule has 0 saturated carbocycles. The number of rotatable bonds is 3. The summed E-state index contributed by atoms with van der Waals surface area (Å²) < 4.78 is 4.75. The van der Waals surface area contributed by atoms with Crippen LogP contribution in [0.2, 0.25) is 5.15 Å². The van der Waals surface area contributed by atoms with Crippen LogP contribution in [0.25, 0.3) is 0 Å². The molecule has 6 heteroatoms. The van der Waals surface area contributed by atoms with Crippen LogP contribution in [0.1, 0.15) is 24.2 Å². The normalized spacial score (nSPS) is 9.00. The largest absolute Gasteiger partial charge is 0.462 e. The second-order valence-corrected chi connectivity index (χ2v) is 5.54. The molecular weight excluding hydrogens is 361 g/mol. The molecule has 0 aliphatic rings. The van der Waals surface area contributed by atoms with Crippen LogP contribution >= 0.6 is 41.7 Å². The van der Waals surface area contributed by atoms with Gasteiger partial charge in [-0.2, -0.15) is 0 Å². The predicted molar refractivity (Wildman–Crippen MR) is 77.4 cm³/mol. The Labute approximate surface area is 117 Å². The van der Waals surface area contributed by atoms with E-state index in [0.717, 1.165) is 0 Å². The SMILES string of the molecule is CCOC(=O)c1ccc(Cl)nc1.CCSI. The average molecular weight is 374 g/mol. The first-order valence-electron chi connectivity index (χ1n) is 4.67. The number of pyridine rings is 1. The molecule has 0 aliphatic heterocycles. The molecule has 90 valence electrons. The number of hydrogen-bond acceptors (Lipinski definition) is 4. The molecule has 16 heavy (non-hydrogen) atoms. The Balaban J connectivity index is 0.000000487. The minimum absolute atomic E-state index is 0.363. The number of carbonyl (C=O) groups excluding carboxylic acids is 1. The van der Waals surface area contributed by atoms with Crippen LogP contribution in [0.4, 0.5) is 0 Å². The van der Waals surface area contributed by atoms with E-state index in [1.807, 2.05) is 8.93 Å². The molecule has 1 aromatic rings. The highest BCUT2D eigenvalue weighted by Crippen LogP contribution is 2.07. The first-order valence-corrected chi connectivity index (χ1v) is 8.58. The van der Waals surface area contributed by atoms with E-state index in [4.69, 9.17) is 16.3 Å². The van der Waals surface area contributed by atoms with Gasteiger partial charge >= 0.3 is 5.97 Å². The van der Waals surface area contributed by atoms with Gasteiger partial charge in [-0.05, 0) is 40.3 Å². The molecule has 1 aromatic heterocycles. The standard InChI is InChI=1S/C8H8ClNO2.C2H5IS/c1-2-12-8(11)6-3-4-7(9)10-5-6;1-2-4-3/h3-5H,2H2,1H3;2H2,1H3. The summed E-state index contributed by atoms with van der Waals surface area (Å²) in [4.78, 5) is 14.8. The van der Waals surface area contributed by atoms with E-state index in [0.29, 0.717) is 17.3 Å². The minimum atomic E-state index is -0.373. The van der Waals surface area contributed by atoms with E-state index in [1.165, 1.54) is 11.9 Å². The number of nitrogens with zero attached hydrogens (tertiary/aromatic N) is 1. The van der Waals surface area contributed by atoms with Gasteiger partial charge in [0.25, 0.3) is 0 Å². The highest BCUT2D eigenvalue weighted by Gasteiger charge is 2.05. The third kappa shape index (κ3) is 7.29. The first-order chi connectivity index (χ1) is 7.65. The summed E-state index contributed by atoms with van der Waals surface area (Å²) in [6.45, 7) is 4.25.